The highest BCUT2D eigenvalue weighted by atomic mass is 79.9. The smallest absolute Gasteiger partial charge is 0.276 e. The Balaban J connectivity index is 1.89. The lowest BCUT2D eigenvalue weighted by atomic mass is 10.2. The van der Waals surface area contributed by atoms with E-state index in [9.17, 15) is 9.18 Å². The van der Waals surface area contributed by atoms with Gasteiger partial charge >= 0.3 is 0 Å². The number of amides is 1. The number of aromatic nitrogens is 2. The number of carbonyl (C=O) groups is 1. The fourth-order valence-electron chi connectivity index (χ4n) is 2.03. The molecule has 3 aromatic rings. The number of rotatable bonds is 3. The molecule has 1 N–H and O–H groups in total. The summed E-state index contributed by atoms with van der Waals surface area (Å²) in [6.07, 6.45) is 0. The molecule has 4 nitrogen and oxygen atoms in total. The van der Waals surface area contributed by atoms with Crippen LogP contribution in [0.25, 0.3) is 10.9 Å². The molecule has 118 valence electrons. The van der Waals surface area contributed by atoms with E-state index >= 15 is 0 Å². The van der Waals surface area contributed by atoms with E-state index in [1.165, 1.54) is 17.4 Å². The van der Waals surface area contributed by atoms with Crippen molar-refractivity contribution in [2.45, 2.75) is 19.8 Å². The average Bonchev–Trinajstić information content (AvgIpc) is 2.99. The summed E-state index contributed by atoms with van der Waals surface area (Å²) in [4.78, 5) is 20.9. The summed E-state index contributed by atoms with van der Waals surface area (Å²) >= 11 is 4.54. The van der Waals surface area contributed by atoms with Gasteiger partial charge in [0.1, 0.15) is 11.5 Å². The average molecular weight is 394 g/mol. The molecule has 0 fully saturated rings. The third-order valence-electron chi connectivity index (χ3n) is 3.32. The minimum Gasteiger partial charge on any atom is -0.296 e. The minimum absolute atomic E-state index is 0.213. The predicted octanol–water partition coefficient (Wildman–Crippen LogP) is 4.97. The van der Waals surface area contributed by atoms with Crippen molar-refractivity contribution >= 4 is 49.2 Å². The van der Waals surface area contributed by atoms with Crippen LogP contribution in [-0.4, -0.2) is 15.9 Å². The van der Waals surface area contributed by atoms with Crippen LogP contribution in [0.1, 0.15) is 35.9 Å². The number of halogens is 2. The quantitative estimate of drug-likeness (QED) is 0.683. The molecule has 0 aliphatic heterocycles. The third kappa shape index (κ3) is 3.25. The number of pyridine rings is 1. The fourth-order valence-corrected chi connectivity index (χ4v) is 3.34. The van der Waals surface area contributed by atoms with Crippen molar-refractivity contribution in [2.24, 2.45) is 0 Å². The van der Waals surface area contributed by atoms with Crippen molar-refractivity contribution in [3.05, 3.63) is 51.3 Å². The zero-order valence-electron chi connectivity index (χ0n) is 12.4. The Morgan fingerprint density at radius 3 is 2.70 bits per heavy atom. The summed E-state index contributed by atoms with van der Waals surface area (Å²) in [7, 11) is 0. The number of anilines is 1. The largest absolute Gasteiger partial charge is 0.296 e. The highest BCUT2D eigenvalue weighted by Gasteiger charge is 2.14. The van der Waals surface area contributed by atoms with Gasteiger partial charge in [-0.3, -0.25) is 10.1 Å². The molecule has 0 unspecified atom stereocenters. The molecule has 1 amide bonds. The fraction of sp³-hybridized carbons (Fsp3) is 0.188. The molecule has 0 spiro atoms. The molecule has 7 heteroatoms. The van der Waals surface area contributed by atoms with Gasteiger partial charge in [0.15, 0.2) is 5.13 Å². The van der Waals surface area contributed by atoms with Gasteiger partial charge in [0.2, 0.25) is 0 Å². The second-order valence-electron chi connectivity index (χ2n) is 5.32. The monoisotopic (exact) mass is 393 g/mol. The van der Waals surface area contributed by atoms with Crippen LogP contribution in [0.2, 0.25) is 0 Å². The maximum Gasteiger partial charge on any atom is 0.276 e. The molecular formula is C16H13BrFN3OS. The Bertz CT molecular complexity index is 894. The van der Waals surface area contributed by atoms with Gasteiger partial charge in [-0.25, -0.2) is 14.4 Å². The molecule has 0 saturated heterocycles. The number of fused-ring (bicyclic) bond motifs is 1. The van der Waals surface area contributed by atoms with Gasteiger partial charge in [-0.2, -0.15) is 0 Å². The lowest BCUT2D eigenvalue weighted by molar-refractivity contribution is 0.102. The number of carbonyl (C=O) groups excluding carboxylic acids is 1. The first-order valence-electron chi connectivity index (χ1n) is 6.97. The van der Waals surface area contributed by atoms with Gasteiger partial charge < -0.3 is 0 Å². The molecule has 0 aliphatic carbocycles. The Hall–Kier alpha value is -1.86. The first kappa shape index (κ1) is 16.0. The molecule has 2 heterocycles. The normalized spacial score (nSPS) is 11.2. The van der Waals surface area contributed by atoms with E-state index in [1.54, 1.807) is 18.2 Å². The van der Waals surface area contributed by atoms with Crippen LogP contribution in [-0.2, 0) is 0 Å². The van der Waals surface area contributed by atoms with E-state index in [-0.39, 0.29) is 16.1 Å². The highest BCUT2D eigenvalue weighted by Crippen LogP contribution is 2.26. The number of hydrogen-bond acceptors (Lipinski definition) is 4. The van der Waals surface area contributed by atoms with E-state index in [0.29, 0.717) is 16.6 Å². The molecule has 0 aliphatic rings. The van der Waals surface area contributed by atoms with Crippen molar-refractivity contribution in [3.63, 3.8) is 0 Å². The van der Waals surface area contributed by atoms with E-state index < -0.39 is 5.82 Å². The van der Waals surface area contributed by atoms with Gasteiger partial charge in [0, 0.05) is 10.8 Å². The number of nitrogens with one attached hydrogen (secondary N) is 1. The van der Waals surface area contributed by atoms with Crippen LogP contribution in [0.4, 0.5) is 9.52 Å². The van der Waals surface area contributed by atoms with E-state index in [4.69, 9.17) is 0 Å². The SMILES string of the molecule is CC(C)c1csc(NC(=O)c2ccc3ccc(F)c(Br)c3n2)n1. The van der Waals surface area contributed by atoms with Crippen molar-refractivity contribution in [1.82, 2.24) is 9.97 Å². The number of benzene rings is 1. The molecule has 1 aromatic carbocycles. The van der Waals surface area contributed by atoms with Crippen LogP contribution in [0.15, 0.2) is 34.1 Å². The van der Waals surface area contributed by atoms with Gasteiger partial charge in [-0.15, -0.1) is 11.3 Å². The topological polar surface area (TPSA) is 54.9 Å². The van der Waals surface area contributed by atoms with Gasteiger partial charge in [-0.1, -0.05) is 19.9 Å². The molecule has 2 aromatic heterocycles. The van der Waals surface area contributed by atoms with Crippen LogP contribution in [0.5, 0.6) is 0 Å². The summed E-state index contributed by atoms with van der Waals surface area (Å²) in [5.41, 5.74) is 1.56. The summed E-state index contributed by atoms with van der Waals surface area (Å²) in [6, 6.07) is 6.33. The summed E-state index contributed by atoms with van der Waals surface area (Å²) in [6.45, 7) is 4.08. The van der Waals surface area contributed by atoms with Crippen molar-refractivity contribution in [1.29, 1.82) is 0 Å². The lowest BCUT2D eigenvalue weighted by Gasteiger charge is -2.05. The Kier molecular flexibility index (Phi) is 4.41. The maximum absolute atomic E-state index is 13.6. The molecule has 0 atom stereocenters. The zero-order chi connectivity index (χ0) is 16.6. The number of nitrogens with zero attached hydrogens (tertiary/aromatic N) is 2. The van der Waals surface area contributed by atoms with E-state index in [2.05, 4.69) is 31.2 Å². The lowest BCUT2D eigenvalue weighted by Crippen LogP contribution is -2.13. The Morgan fingerprint density at radius 1 is 1.26 bits per heavy atom. The van der Waals surface area contributed by atoms with Gasteiger partial charge in [-0.05, 0) is 40.0 Å². The van der Waals surface area contributed by atoms with Crippen LogP contribution >= 0.6 is 27.3 Å². The van der Waals surface area contributed by atoms with Crippen molar-refractivity contribution in [3.8, 4) is 0 Å². The standard InChI is InChI=1S/C16H13BrFN3OS/c1-8(2)12-7-23-16(20-12)21-15(22)11-6-4-9-3-5-10(18)13(17)14(9)19-11/h3-8H,1-2H3,(H,20,21,22). The molecule has 0 radical (unpaired) electrons. The minimum atomic E-state index is -0.413. The first-order valence-corrected chi connectivity index (χ1v) is 8.64. The van der Waals surface area contributed by atoms with Crippen LogP contribution in [0, 0.1) is 5.82 Å². The Morgan fingerprint density at radius 2 is 2.00 bits per heavy atom. The van der Waals surface area contributed by atoms with Crippen molar-refractivity contribution < 1.29 is 9.18 Å². The molecule has 23 heavy (non-hydrogen) atoms. The summed E-state index contributed by atoms with van der Waals surface area (Å²) < 4.78 is 13.9. The second-order valence-corrected chi connectivity index (χ2v) is 6.97. The first-order chi connectivity index (χ1) is 11.0. The maximum atomic E-state index is 13.6. The van der Waals surface area contributed by atoms with Crippen molar-refractivity contribution in [2.75, 3.05) is 5.32 Å². The van der Waals surface area contributed by atoms with Crippen LogP contribution < -0.4 is 5.32 Å². The second kappa shape index (κ2) is 6.33. The third-order valence-corrected chi connectivity index (χ3v) is 4.85. The number of hydrogen-bond donors (Lipinski definition) is 1. The zero-order valence-corrected chi connectivity index (χ0v) is 14.8. The molecule has 0 saturated carbocycles. The van der Waals surface area contributed by atoms with Gasteiger partial charge in [0.25, 0.3) is 5.91 Å². The molecular weight excluding hydrogens is 381 g/mol. The van der Waals surface area contributed by atoms with E-state index in [0.717, 1.165) is 11.1 Å². The molecule has 0 bridgehead atoms. The Labute approximate surface area is 144 Å². The highest BCUT2D eigenvalue weighted by molar-refractivity contribution is 9.10. The number of thiazole rings is 1. The molecule has 3 rings (SSSR count). The summed E-state index contributed by atoms with van der Waals surface area (Å²) in [5, 5.41) is 5.93. The van der Waals surface area contributed by atoms with Crippen LogP contribution in [0.3, 0.4) is 0 Å². The summed E-state index contributed by atoms with van der Waals surface area (Å²) in [5.74, 6) is -0.480. The van der Waals surface area contributed by atoms with E-state index in [1.807, 2.05) is 19.2 Å². The predicted molar refractivity (Wildman–Crippen MR) is 93.6 cm³/mol. The van der Waals surface area contributed by atoms with Gasteiger partial charge in [0.05, 0.1) is 15.7 Å².